The average molecular weight is 263 g/mol. The topological polar surface area (TPSA) is 29.5 Å². The molecule has 0 spiro atoms. The Kier molecular flexibility index (Phi) is 6.57. The maximum Gasteiger partial charge on any atom is 0.163 e. The van der Waals surface area contributed by atoms with Crippen molar-refractivity contribution in [3.63, 3.8) is 0 Å². The minimum atomic E-state index is 0.0464. The van der Waals surface area contributed by atoms with Crippen molar-refractivity contribution in [1.29, 1.82) is 0 Å². The number of carbonyl (C=O) groups excluding carboxylic acids is 1. The Morgan fingerprint density at radius 1 is 1.32 bits per heavy atom. The number of carbonyl (C=O) groups is 1. The van der Waals surface area contributed by atoms with Crippen LogP contribution in [0, 0.1) is 5.92 Å². The highest BCUT2D eigenvalue weighted by molar-refractivity contribution is 5.96. The smallest absolute Gasteiger partial charge is 0.163 e. The molecule has 0 unspecified atom stereocenters. The van der Waals surface area contributed by atoms with E-state index < -0.39 is 0 Å². The summed E-state index contributed by atoms with van der Waals surface area (Å²) < 4.78 is 5.75. The maximum absolute atomic E-state index is 11.5. The minimum Gasteiger partial charge on any atom is -0.491 e. The molecule has 0 saturated heterocycles. The standard InChI is InChI=1S/C16H25NO2/c1-5-17(12-13(2)3)10-11-19-16-9-7-6-8-15(16)14(4)18/h6-9,13H,5,10-12H2,1-4H3. The molecule has 1 rings (SSSR count). The molecule has 0 aliphatic heterocycles. The van der Waals surface area contributed by atoms with Crippen LogP contribution in [-0.2, 0) is 0 Å². The molecule has 0 aliphatic carbocycles. The zero-order chi connectivity index (χ0) is 14.3. The van der Waals surface area contributed by atoms with Gasteiger partial charge in [-0.05, 0) is 31.5 Å². The molecule has 0 heterocycles. The van der Waals surface area contributed by atoms with E-state index in [1.807, 2.05) is 24.3 Å². The number of para-hydroxylation sites is 1. The number of ether oxygens (including phenoxy) is 1. The molecule has 0 radical (unpaired) electrons. The molecule has 19 heavy (non-hydrogen) atoms. The molecule has 106 valence electrons. The van der Waals surface area contributed by atoms with Crippen molar-refractivity contribution in [2.45, 2.75) is 27.7 Å². The van der Waals surface area contributed by atoms with E-state index in [-0.39, 0.29) is 5.78 Å². The Hall–Kier alpha value is -1.35. The number of likely N-dealkylation sites (N-methyl/N-ethyl adjacent to an activating group) is 1. The third-order valence-electron chi connectivity index (χ3n) is 3.00. The summed E-state index contributed by atoms with van der Waals surface area (Å²) in [6.07, 6.45) is 0. The summed E-state index contributed by atoms with van der Waals surface area (Å²) in [6.45, 7) is 11.8. The van der Waals surface area contributed by atoms with Crippen molar-refractivity contribution in [2.24, 2.45) is 5.92 Å². The number of nitrogens with zero attached hydrogens (tertiary/aromatic N) is 1. The molecule has 0 amide bonds. The van der Waals surface area contributed by atoms with E-state index in [2.05, 4.69) is 25.7 Å². The molecular formula is C16H25NO2. The highest BCUT2D eigenvalue weighted by Gasteiger charge is 2.09. The number of rotatable bonds is 8. The van der Waals surface area contributed by atoms with E-state index in [0.29, 0.717) is 23.8 Å². The van der Waals surface area contributed by atoms with Crippen LogP contribution in [0.3, 0.4) is 0 Å². The van der Waals surface area contributed by atoms with E-state index in [1.165, 1.54) is 0 Å². The second-order valence-electron chi connectivity index (χ2n) is 5.19. The van der Waals surface area contributed by atoms with Crippen LogP contribution in [0.5, 0.6) is 5.75 Å². The van der Waals surface area contributed by atoms with Gasteiger partial charge >= 0.3 is 0 Å². The number of ketones is 1. The molecule has 1 aromatic rings. The van der Waals surface area contributed by atoms with Crippen LogP contribution in [0.2, 0.25) is 0 Å². The van der Waals surface area contributed by atoms with Crippen LogP contribution in [0.15, 0.2) is 24.3 Å². The summed E-state index contributed by atoms with van der Waals surface area (Å²) in [7, 11) is 0. The van der Waals surface area contributed by atoms with Crippen LogP contribution >= 0.6 is 0 Å². The van der Waals surface area contributed by atoms with Gasteiger partial charge in [-0.25, -0.2) is 0 Å². The van der Waals surface area contributed by atoms with E-state index in [9.17, 15) is 4.79 Å². The first-order valence-electron chi connectivity index (χ1n) is 6.99. The molecule has 0 N–H and O–H groups in total. The third-order valence-corrected chi connectivity index (χ3v) is 3.00. The van der Waals surface area contributed by atoms with E-state index >= 15 is 0 Å². The predicted octanol–water partition coefficient (Wildman–Crippen LogP) is 3.25. The fourth-order valence-electron chi connectivity index (χ4n) is 2.06. The summed E-state index contributed by atoms with van der Waals surface area (Å²) in [5.41, 5.74) is 0.661. The van der Waals surface area contributed by atoms with Gasteiger partial charge < -0.3 is 4.74 Å². The first-order valence-corrected chi connectivity index (χ1v) is 6.99. The molecule has 1 aromatic carbocycles. The van der Waals surface area contributed by atoms with Crippen LogP contribution in [0.4, 0.5) is 0 Å². The largest absolute Gasteiger partial charge is 0.491 e. The second kappa shape index (κ2) is 7.95. The van der Waals surface area contributed by atoms with Crippen LogP contribution < -0.4 is 4.74 Å². The minimum absolute atomic E-state index is 0.0464. The van der Waals surface area contributed by atoms with Crippen molar-refractivity contribution in [3.05, 3.63) is 29.8 Å². The molecule has 0 atom stereocenters. The molecular weight excluding hydrogens is 238 g/mol. The molecule has 3 heteroatoms. The van der Waals surface area contributed by atoms with Crippen molar-refractivity contribution in [1.82, 2.24) is 4.90 Å². The van der Waals surface area contributed by atoms with Gasteiger partial charge in [0.1, 0.15) is 12.4 Å². The number of Topliss-reactive ketones (excluding diaryl/α,β-unsaturated/α-hetero) is 1. The van der Waals surface area contributed by atoms with Crippen molar-refractivity contribution in [2.75, 3.05) is 26.2 Å². The fourth-order valence-corrected chi connectivity index (χ4v) is 2.06. The fraction of sp³-hybridized carbons (Fsp3) is 0.562. The lowest BCUT2D eigenvalue weighted by Crippen LogP contribution is -2.31. The summed E-state index contributed by atoms with van der Waals surface area (Å²) >= 11 is 0. The Bertz CT molecular complexity index is 401. The van der Waals surface area contributed by atoms with E-state index in [1.54, 1.807) is 6.92 Å². The summed E-state index contributed by atoms with van der Waals surface area (Å²) in [4.78, 5) is 13.8. The van der Waals surface area contributed by atoms with E-state index in [4.69, 9.17) is 4.74 Å². The van der Waals surface area contributed by atoms with Crippen molar-refractivity contribution in [3.8, 4) is 5.75 Å². The van der Waals surface area contributed by atoms with E-state index in [0.717, 1.165) is 19.6 Å². The maximum atomic E-state index is 11.5. The first kappa shape index (κ1) is 15.7. The van der Waals surface area contributed by atoms with Gasteiger partial charge in [0.05, 0.1) is 5.56 Å². The Balaban J connectivity index is 2.50. The average Bonchev–Trinajstić information content (AvgIpc) is 2.37. The Labute approximate surface area is 116 Å². The zero-order valence-electron chi connectivity index (χ0n) is 12.5. The Morgan fingerprint density at radius 3 is 2.58 bits per heavy atom. The van der Waals surface area contributed by atoms with Crippen LogP contribution in [0.1, 0.15) is 38.1 Å². The molecule has 0 fully saturated rings. The molecule has 3 nitrogen and oxygen atoms in total. The third kappa shape index (κ3) is 5.43. The number of hydrogen-bond acceptors (Lipinski definition) is 3. The number of benzene rings is 1. The first-order chi connectivity index (χ1) is 9.04. The van der Waals surface area contributed by atoms with Gasteiger partial charge in [-0.1, -0.05) is 32.9 Å². The van der Waals surface area contributed by atoms with Crippen molar-refractivity contribution >= 4 is 5.78 Å². The van der Waals surface area contributed by atoms with Gasteiger partial charge in [0.2, 0.25) is 0 Å². The highest BCUT2D eigenvalue weighted by Crippen LogP contribution is 2.18. The van der Waals surface area contributed by atoms with Gasteiger partial charge in [-0.2, -0.15) is 0 Å². The SMILES string of the molecule is CCN(CCOc1ccccc1C(C)=O)CC(C)C. The number of hydrogen-bond donors (Lipinski definition) is 0. The molecule has 0 saturated carbocycles. The summed E-state index contributed by atoms with van der Waals surface area (Å²) in [6, 6.07) is 7.42. The van der Waals surface area contributed by atoms with Gasteiger partial charge in [0, 0.05) is 13.1 Å². The molecule has 0 bridgehead atoms. The summed E-state index contributed by atoms with van der Waals surface area (Å²) in [5, 5.41) is 0. The van der Waals surface area contributed by atoms with Gasteiger partial charge in [0.25, 0.3) is 0 Å². The van der Waals surface area contributed by atoms with Gasteiger partial charge in [-0.3, -0.25) is 9.69 Å². The zero-order valence-corrected chi connectivity index (χ0v) is 12.5. The lowest BCUT2D eigenvalue weighted by atomic mass is 10.1. The van der Waals surface area contributed by atoms with Crippen molar-refractivity contribution < 1.29 is 9.53 Å². The highest BCUT2D eigenvalue weighted by atomic mass is 16.5. The Morgan fingerprint density at radius 2 is 2.00 bits per heavy atom. The second-order valence-corrected chi connectivity index (χ2v) is 5.19. The quantitative estimate of drug-likeness (QED) is 0.674. The van der Waals surface area contributed by atoms with Gasteiger partial charge in [-0.15, -0.1) is 0 Å². The summed E-state index contributed by atoms with van der Waals surface area (Å²) in [5.74, 6) is 1.39. The molecule has 0 aromatic heterocycles. The van der Waals surface area contributed by atoms with Crippen LogP contribution in [-0.4, -0.2) is 36.9 Å². The lowest BCUT2D eigenvalue weighted by molar-refractivity contribution is 0.101. The lowest BCUT2D eigenvalue weighted by Gasteiger charge is -2.22. The van der Waals surface area contributed by atoms with Crippen LogP contribution in [0.25, 0.3) is 0 Å². The predicted molar refractivity (Wildman–Crippen MR) is 78.9 cm³/mol. The molecule has 0 aliphatic rings. The normalized spacial score (nSPS) is 11.1. The van der Waals surface area contributed by atoms with Gasteiger partial charge in [0.15, 0.2) is 5.78 Å². The monoisotopic (exact) mass is 263 g/mol.